The van der Waals surface area contributed by atoms with Gasteiger partial charge in [-0.25, -0.2) is 8.42 Å². The van der Waals surface area contributed by atoms with Crippen LogP contribution in [0.5, 0.6) is 0 Å². The smallest absolute Gasteiger partial charge is 0.244 e. The molecule has 0 radical (unpaired) electrons. The highest BCUT2D eigenvalue weighted by molar-refractivity contribution is 7.92. The average molecular weight is 552 g/mol. The molecule has 0 aromatic heterocycles. The number of hydrogen-bond donors (Lipinski definition) is 1. The van der Waals surface area contributed by atoms with Gasteiger partial charge < -0.3 is 10.2 Å². The molecule has 0 heterocycles. The van der Waals surface area contributed by atoms with Gasteiger partial charge in [0.25, 0.3) is 0 Å². The van der Waals surface area contributed by atoms with Crippen molar-refractivity contribution in [2.75, 3.05) is 24.2 Å². The van der Waals surface area contributed by atoms with Crippen molar-refractivity contribution in [1.82, 2.24) is 10.2 Å². The van der Waals surface area contributed by atoms with E-state index in [0.717, 1.165) is 29.6 Å². The normalized spacial score (nSPS) is 26.2. The van der Waals surface area contributed by atoms with Crippen molar-refractivity contribution in [2.45, 2.75) is 69.9 Å². The highest BCUT2D eigenvalue weighted by atomic mass is 32.2. The molecule has 4 bridgehead atoms. The van der Waals surface area contributed by atoms with E-state index in [1.807, 2.05) is 49.4 Å². The summed E-state index contributed by atoms with van der Waals surface area (Å²) >= 11 is 0. The zero-order valence-corrected chi connectivity index (χ0v) is 24.1. The predicted molar refractivity (Wildman–Crippen MR) is 154 cm³/mol. The van der Waals surface area contributed by atoms with Crippen molar-refractivity contribution in [3.8, 4) is 0 Å². The second kappa shape index (κ2) is 11.0. The largest absolute Gasteiger partial charge is 0.357 e. The number of sulfonamides is 1. The molecule has 4 aliphatic rings. The molecule has 39 heavy (non-hydrogen) atoms. The fourth-order valence-corrected chi connectivity index (χ4v) is 8.77. The third kappa shape index (κ3) is 5.72. The first-order chi connectivity index (χ1) is 18.6. The molecule has 4 saturated carbocycles. The summed E-state index contributed by atoms with van der Waals surface area (Å²) in [6.07, 6.45) is 9.36. The van der Waals surface area contributed by atoms with Gasteiger partial charge in [0, 0.05) is 13.6 Å². The highest BCUT2D eigenvalue weighted by Crippen LogP contribution is 2.60. The Morgan fingerprint density at radius 2 is 1.51 bits per heavy atom. The van der Waals surface area contributed by atoms with Crippen molar-refractivity contribution in [2.24, 2.45) is 17.8 Å². The zero-order valence-electron chi connectivity index (χ0n) is 23.3. The summed E-state index contributed by atoms with van der Waals surface area (Å²) in [5.74, 6) is 1.79. The number of hydrogen-bond acceptors (Lipinski definition) is 4. The number of likely N-dealkylation sites (N-methyl/N-ethyl adjacent to an activating group) is 1. The molecule has 4 fully saturated rings. The molecule has 1 N–H and O–H groups in total. The average Bonchev–Trinajstić information content (AvgIpc) is 2.90. The molecule has 6 rings (SSSR count). The molecule has 0 aliphatic heterocycles. The molecule has 8 heteroatoms. The van der Waals surface area contributed by atoms with E-state index < -0.39 is 22.0 Å². The van der Waals surface area contributed by atoms with E-state index in [1.54, 1.807) is 7.05 Å². The van der Waals surface area contributed by atoms with Gasteiger partial charge in [0.2, 0.25) is 21.8 Å². The van der Waals surface area contributed by atoms with Crippen molar-refractivity contribution in [1.29, 1.82) is 0 Å². The number of rotatable bonds is 10. The SMILES string of the molecule is CCC(C(=O)NC)N(Cc1ccccc1)C(=O)CN(c1ccc(C23CC4CC(CC(C4)C2)C3)cc1)S(C)(=O)=O. The van der Waals surface area contributed by atoms with Gasteiger partial charge in [0.15, 0.2) is 0 Å². The van der Waals surface area contributed by atoms with Gasteiger partial charge in [-0.1, -0.05) is 49.4 Å². The lowest BCUT2D eigenvalue weighted by Crippen LogP contribution is -2.51. The molecule has 2 aromatic rings. The number of amides is 2. The van der Waals surface area contributed by atoms with Crippen LogP contribution in [0.25, 0.3) is 0 Å². The van der Waals surface area contributed by atoms with E-state index in [1.165, 1.54) is 53.3 Å². The van der Waals surface area contributed by atoms with E-state index in [2.05, 4.69) is 17.4 Å². The highest BCUT2D eigenvalue weighted by Gasteiger charge is 2.51. The molecule has 4 aliphatic carbocycles. The summed E-state index contributed by atoms with van der Waals surface area (Å²) in [4.78, 5) is 27.9. The molecule has 210 valence electrons. The molecular weight excluding hydrogens is 510 g/mol. The van der Waals surface area contributed by atoms with Crippen LogP contribution in [-0.2, 0) is 31.6 Å². The minimum absolute atomic E-state index is 0.216. The molecule has 2 aromatic carbocycles. The van der Waals surface area contributed by atoms with Crippen molar-refractivity contribution in [3.05, 3.63) is 65.7 Å². The van der Waals surface area contributed by atoms with Gasteiger partial charge in [-0.2, -0.15) is 0 Å². The zero-order chi connectivity index (χ0) is 27.8. The van der Waals surface area contributed by atoms with E-state index in [-0.39, 0.29) is 24.4 Å². The van der Waals surface area contributed by atoms with Gasteiger partial charge in [-0.15, -0.1) is 0 Å². The molecule has 1 atom stereocenters. The summed E-state index contributed by atoms with van der Waals surface area (Å²) < 4.78 is 27.1. The summed E-state index contributed by atoms with van der Waals surface area (Å²) in [6.45, 7) is 1.70. The molecular formula is C31H41N3O4S. The second-order valence-corrected chi connectivity index (χ2v) is 14.0. The summed E-state index contributed by atoms with van der Waals surface area (Å²) in [7, 11) is -2.20. The van der Waals surface area contributed by atoms with Crippen molar-refractivity contribution >= 4 is 27.5 Å². The van der Waals surface area contributed by atoms with Crippen molar-refractivity contribution in [3.63, 3.8) is 0 Å². The Labute approximate surface area is 233 Å². The summed E-state index contributed by atoms with van der Waals surface area (Å²) in [5, 5.41) is 2.65. The standard InChI is InChI=1S/C31H41N3O4S/c1-4-28(30(36)32-2)33(20-22-8-6-5-7-9-22)29(35)21-34(39(3,37)38)27-12-10-26(11-13-27)31-17-23-14-24(18-31)16-25(15-23)19-31/h5-13,23-25,28H,4,14-21H2,1-3H3,(H,32,36). The number of carbonyl (C=O) groups excluding carboxylic acids is 2. The van der Waals surface area contributed by atoms with Crippen LogP contribution in [0.4, 0.5) is 5.69 Å². The first-order valence-electron chi connectivity index (χ1n) is 14.2. The Balaban J connectivity index is 1.40. The van der Waals surface area contributed by atoms with Gasteiger partial charge in [-0.05, 0) is 91.4 Å². The maximum absolute atomic E-state index is 13.7. The van der Waals surface area contributed by atoms with Crippen LogP contribution >= 0.6 is 0 Å². The Kier molecular flexibility index (Phi) is 7.77. The monoisotopic (exact) mass is 551 g/mol. The first-order valence-corrected chi connectivity index (χ1v) is 16.1. The van der Waals surface area contributed by atoms with Crippen LogP contribution < -0.4 is 9.62 Å². The lowest BCUT2D eigenvalue weighted by molar-refractivity contribution is -0.140. The lowest BCUT2D eigenvalue weighted by Gasteiger charge is -2.57. The number of nitrogens with zero attached hydrogens (tertiary/aromatic N) is 2. The van der Waals surface area contributed by atoms with Gasteiger partial charge in [-0.3, -0.25) is 13.9 Å². The quantitative estimate of drug-likeness (QED) is 0.472. The minimum atomic E-state index is -3.75. The van der Waals surface area contributed by atoms with Crippen LogP contribution in [-0.4, -0.2) is 51.0 Å². The summed E-state index contributed by atoms with van der Waals surface area (Å²) in [5.41, 5.74) is 2.88. The maximum atomic E-state index is 13.7. The van der Waals surface area contributed by atoms with E-state index in [4.69, 9.17) is 0 Å². The Bertz CT molecular complexity index is 1260. The predicted octanol–water partition coefficient (Wildman–Crippen LogP) is 4.47. The van der Waals surface area contributed by atoms with Gasteiger partial charge >= 0.3 is 0 Å². The Morgan fingerprint density at radius 3 is 2.00 bits per heavy atom. The fourth-order valence-electron chi connectivity index (χ4n) is 7.93. The molecule has 0 spiro atoms. The van der Waals surface area contributed by atoms with Gasteiger partial charge in [0.05, 0.1) is 11.9 Å². The topological polar surface area (TPSA) is 86.8 Å². The molecule has 2 amide bonds. The fraction of sp³-hybridized carbons (Fsp3) is 0.548. The van der Waals surface area contributed by atoms with Crippen molar-refractivity contribution < 1.29 is 18.0 Å². The van der Waals surface area contributed by atoms with Crippen LogP contribution in [0, 0.1) is 17.8 Å². The number of carbonyl (C=O) groups is 2. The van der Waals surface area contributed by atoms with Crippen LogP contribution in [0.2, 0.25) is 0 Å². The first kappa shape index (κ1) is 27.7. The van der Waals surface area contributed by atoms with E-state index >= 15 is 0 Å². The lowest BCUT2D eigenvalue weighted by atomic mass is 9.48. The number of anilines is 1. The van der Waals surface area contributed by atoms with E-state index in [0.29, 0.717) is 12.1 Å². The van der Waals surface area contributed by atoms with Crippen LogP contribution in [0.15, 0.2) is 54.6 Å². The Hall–Kier alpha value is -2.87. The van der Waals surface area contributed by atoms with Crippen LogP contribution in [0.3, 0.4) is 0 Å². The number of nitrogens with one attached hydrogen (secondary N) is 1. The Morgan fingerprint density at radius 1 is 0.949 bits per heavy atom. The molecule has 7 nitrogen and oxygen atoms in total. The molecule has 0 saturated heterocycles. The number of benzene rings is 2. The third-order valence-electron chi connectivity index (χ3n) is 9.31. The molecule has 1 unspecified atom stereocenters. The van der Waals surface area contributed by atoms with Crippen LogP contribution in [0.1, 0.15) is 63.0 Å². The van der Waals surface area contributed by atoms with Gasteiger partial charge in [0.1, 0.15) is 12.6 Å². The van der Waals surface area contributed by atoms with E-state index in [9.17, 15) is 18.0 Å². The summed E-state index contributed by atoms with van der Waals surface area (Å²) in [6, 6.07) is 16.6. The minimum Gasteiger partial charge on any atom is -0.357 e. The maximum Gasteiger partial charge on any atom is 0.244 e. The third-order valence-corrected chi connectivity index (χ3v) is 10.5. The second-order valence-electron chi connectivity index (χ2n) is 12.1.